The first kappa shape index (κ1) is 31.9. The summed E-state index contributed by atoms with van der Waals surface area (Å²) in [4.78, 5) is 15.8. The molecule has 12 aromatic rings. The highest BCUT2D eigenvalue weighted by Gasteiger charge is 2.23. The van der Waals surface area contributed by atoms with Gasteiger partial charge in [0.1, 0.15) is 11.2 Å². The molecule has 0 radical (unpaired) electrons. The van der Waals surface area contributed by atoms with E-state index in [0.717, 1.165) is 76.6 Å². The number of hydrogen-bond donors (Lipinski definition) is 0. The topological polar surface area (TPSA) is 56.7 Å². The third-order valence-corrected chi connectivity index (χ3v) is 12.2. The molecule has 0 fully saturated rings. The van der Waals surface area contributed by atoms with Gasteiger partial charge in [0.05, 0.1) is 11.0 Å². The van der Waals surface area contributed by atoms with Crippen molar-refractivity contribution in [3.8, 4) is 51.0 Å². The van der Waals surface area contributed by atoms with Crippen LogP contribution in [-0.4, -0.2) is 19.5 Å². The fourth-order valence-corrected chi connectivity index (χ4v) is 9.68. The van der Waals surface area contributed by atoms with Crippen molar-refractivity contribution >= 4 is 75.3 Å². The number of aromatic nitrogens is 4. The Morgan fingerprint density at radius 2 is 1.00 bits per heavy atom. The number of benzene rings is 8. The molecule has 4 aromatic heterocycles. The molecule has 0 saturated carbocycles. The lowest BCUT2D eigenvalue weighted by molar-refractivity contribution is 0.669. The molecule has 0 aliphatic carbocycles. The molecule has 0 N–H and O–H groups in total. The Kier molecular flexibility index (Phi) is 7.03. The average molecular weight is 747 g/mol. The first-order valence-corrected chi connectivity index (χ1v) is 19.8. The Hall–Kier alpha value is -7.41. The van der Waals surface area contributed by atoms with Crippen LogP contribution in [0, 0.1) is 0 Å². The van der Waals surface area contributed by atoms with Gasteiger partial charge in [-0.25, -0.2) is 15.0 Å². The summed E-state index contributed by atoms with van der Waals surface area (Å²) < 4.78 is 11.1. The molecule has 266 valence electrons. The van der Waals surface area contributed by atoms with Crippen LogP contribution in [-0.2, 0) is 0 Å². The van der Waals surface area contributed by atoms with Gasteiger partial charge in [-0.2, -0.15) is 0 Å². The maximum atomic E-state index is 6.45. The molecule has 0 unspecified atom stereocenters. The first-order valence-electron chi connectivity index (χ1n) is 19.0. The van der Waals surface area contributed by atoms with Gasteiger partial charge in [0.15, 0.2) is 17.5 Å². The van der Waals surface area contributed by atoms with Crippen molar-refractivity contribution in [2.24, 2.45) is 0 Å². The lowest BCUT2D eigenvalue weighted by Gasteiger charge is -2.13. The molecule has 0 aliphatic rings. The van der Waals surface area contributed by atoms with Gasteiger partial charge in [-0.15, -0.1) is 11.3 Å². The molecule has 6 heteroatoms. The maximum absolute atomic E-state index is 6.45. The summed E-state index contributed by atoms with van der Waals surface area (Å²) in [5.41, 5.74) is 10.1. The Labute approximate surface area is 330 Å². The van der Waals surface area contributed by atoms with Gasteiger partial charge in [0.2, 0.25) is 0 Å². The van der Waals surface area contributed by atoms with Crippen molar-refractivity contribution in [1.29, 1.82) is 0 Å². The van der Waals surface area contributed by atoms with E-state index in [1.54, 1.807) is 11.3 Å². The molecule has 0 aliphatic heterocycles. The van der Waals surface area contributed by atoms with Crippen molar-refractivity contribution in [2.45, 2.75) is 0 Å². The predicted molar refractivity (Wildman–Crippen MR) is 236 cm³/mol. The number of thiophene rings is 1. The summed E-state index contributed by atoms with van der Waals surface area (Å²) in [5.74, 6) is 1.87. The highest BCUT2D eigenvalue weighted by molar-refractivity contribution is 7.26. The van der Waals surface area contributed by atoms with E-state index in [-0.39, 0.29) is 0 Å². The van der Waals surface area contributed by atoms with Gasteiger partial charge in [-0.05, 0) is 59.7 Å². The van der Waals surface area contributed by atoms with Crippen LogP contribution in [0.25, 0.3) is 115 Å². The summed E-state index contributed by atoms with van der Waals surface area (Å²) in [5, 5.41) is 6.96. The fourth-order valence-electron chi connectivity index (χ4n) is 8.48. The van der Waals surface area contributed by atoms with E-state index in [2.05, 4.69) is 156 Å². The molecule has 0 bridgehead atoms. The summed E-state index contributed by atoms with van der Waals surface area (Å²) >= 11 is 1.77. The number of hydrogen-bond acceptors (Lipinski definition) is 5. The number of furan rings is 1. The zero-order valence-electron chi connectivity index (χ0n) is 30.4. The van der Waals surface area contributed by atoms with Gasteiger partial charge in [-0.3, -0.25) is 0 Å². The third-order valence-electron chi connectivity index (χ3n) is 11.0. The monoisotopic (exact) mass is 746 g/mol. The highest BCUT2D eigenvalue weighted by atomic mass is 32.1. The standard InChI is InChI=1S/C51H30N4OS/c1-3-14-31(15-4-1)33-18-13-19-34(28-33)50-52-49(32-16-5-2-6-17-32)53-51(54-50)40-30-35(55-41-23-10-7-20-36(41)37-21-8-11-24-42(37)55)29-39-47-45(57-48(39)40)27-26-44-46(47)38-22-9-12-25-43(38)56-44/h1-30H. The Morgan fingerprint density at radius 1 is 0.404 bits per heavy atom. The van der Waals surface area contributed by atoms with Crippen LogP contribution in [0.2, 0.25) is 0 Å². The van der Waals surface area contributed by atoms with Gasteiger partial charge in [0, 0.05) is 64.1 Å². The summed E-state index contributed by atoms with van der Waals surface area (Å²) in [6.45, 7) is 0. The van der Waals surface area contributed by atoms with E-state index in [1.807, 2.05) is 30.3 Å². The summed E-state index contributed by atoms with van der Waals surface area (Å²) in [6, 6.07) is 63.7. The first-order chi connectivity index (χ1) is 28.2. The van der Waals surface area contributed by atoms with E-state index in [4.69, 9.17) is 19.4 Å². The van der Waals surface area contributed by atoms with Gasteiger partial charge < -0.3 is 8.98 Å². The number of nitrogens with zero attached hydrogens (tertiary/aromatic N) is 4. The number of fused-ring (bicyclic) bond motifs is 10. The Bertz CT molecular complexity index is 3470. The normalized spacial score (nSPS) is 11.9. The number of para-hydroxylation sites is 3. The average Bonchev–Trinajstić information content (AvgIpc) is 3.96. The van der Waals surface area contributed by atoms with E-state index >= 15 is 0 Å². The van der Waals surface area contributed by atoms with E-state index in [0.29, 0.717) is 17.5 Å². The molecule has 0 atom stereocenters. The minimum Gasteiger partial charge on any atom is -0.456 e. The molecule has 0 amide bonds. The van der Waals surface area contributed by atoms with E-state index in [1.165, 1.54) is 20.9 Å². The smallest absolute Gasteiger partial charge is 0.165 e. The second kappa shape index (κ2) is 12.6. The SMILES string of the molecule is c1ccc(-c2cccc(-c3nc(-c4ccccc4)nc(-c4cc(-n5c6ccccc6c6ccccc65)cc5c4sc4ccc6oc7ccccc7c6c45)n3)c2)cc1. The number of rotatable bonds is 5. The minimum absolute atomic E-state index is 0.622. The molecule has 8 aromatic carbocycles. The van der Waals surface area contributed by atoms with E-state index < -0.39 is 0 Å². The molecule has 12 rings (SSSR count). The molecule has 57 heavy (non-hydrogen) atoms. The maximum Gasteiger partial charge on any atom is 0.165 e. The van der Waals surface area contributed by atoms with Gasteiger partial charge >= 0.3 is 0 Å². The largest absolute Gasteiger partial charge is 0.456 e. The quantitative estimate of drug-likeness (QED) is 0.176. The van der Waals surface area contributed by atoms with Crippen LogP contribution in [0.1, 0.15) is 0 Å². The highest BCUT2D eigenvalue weighted by Crippen LogP contribution is 2.47. The minimum atomic E-state index is 0.622. The second-order valence-electron chi connectivity index (χ2n) is 14.4. The lowest BCUT2D eigenvalue weighted by atomic mass is 10.0. The zero-order chi connectivity index (χ0) is 37.5. The fraction of sp³-hybridized carbons (Fsp3) is 0. The molecular weight excluding hydrogens is 717 g/mol. The van der Waals surface area contributed by atoms with Crippen molar-refractivity contribution in [3.05, 3.63) is 182 Å². The second-order valence-corrected chi connectivity index (χ2v) is 15.4. The van der Waals surface area contributed by atoms with Crippen LogP contribution in [0.15, 0.2) is 186 Å². The summed E-state index contributed by atoms with van der Waals surface area (Å²) in [7, 11) is 0. The summed E-state index contributed by atoms with van der Waals surface area (Å²) in [6.07, 6.45) is 0. The molecule has 0 saturated heterocycles. The molecule has 0 spiro atoms. The van der Waals surface area contributed by atoms with Crippen molar-refractivity contribution in [1.82, 2.24) is 19.5 Å². The van der Waals surface area contributed by atoms with E-state index in [9.17, 15) is 0 Å². The van der Waals surface area contributed by atoms with Gasteiger partial charge in [-0.1, -0.05) is 133 Å². The Balaban J connectivity index is 1.20. The van der Waals surface area contributed by atoms with Crippen molar-refractivity contribution in [2.75, 3.05) is 0 Å². The Morgan fingerprint density at radius 3 is 1.75 bits per heavy atom. The predicted octanol–water partition coefficient (Wildman–Crippen LogP) is 13.9. The third kappa shape index (κ3) is 5.04. The molecule has 4 heterocycles. The van der Waals surface area contributed by atoms with Crippen molar-refractivity contribution in [3.63, 3.8) is 0 Å². The van der Waals surface area contributed by atoms with Crippen molar-refractivity contribution < 1.29 is 4.42 Å². The lowest BCUT2D eigenvalue weighted by Crippen LogP contribution is -2.01. The molecule has 5 nitrogen and oxygen atoms in total. The molecular formula is C51H30N4OS. The van der Waals surface area contributed by atoms with Crippen LogP contribution >= 0.6 is 11.3 Å². The zero-order valence-corrected chi connectivity index (χ0v) is 31.2. The van der Waals surface area contributed by atoms with Gasteiger partial charge in [0.25, 0.3) is 0 Å². The van der Waals surface area contributed by atoms with Crippen LogP contribution < -0.4 is 0 Å². The van der Waals surface area contributed by atoms with Crippen LogP contribution in [0.4, 0.5) is 0 Å². The van der Waals surface area contributed by atoms with Crippen LogP contribution in [0.3, 0.4) is 0 Å². The van der Waals surface area contributed by atoms with Crippen LogP contribution in [0.5, 0.6) is 0 Å².